The van der Waals surface area contributed by atoms with Crippen LogP contribution in [-0.2, 0) is 4.79 Å². The fourth-order valence-corrected chi connectivity index (χ4v) is 2.53. The van der Waals surface area contributed by atoms with Crippen LogP contribution in [0.4, 0.5) is 11.6 Å². The second-order valence-corrected chi connectivity index (χ2v) is 5.31. The Morgan fingerprint density at radius 3 is 2.76 bits per heavy atom. The number of aromatic nitrogens is 3. The van der Waals surface area contributed by atoms with Gasteiger partial charge in [-0.25, -0.2) is 0 Å². The zero-order valence-electron chi connectivity index (χ0n) is 10.5. The van der Waals surface area contributed by atoms with E-state index in [4.69, 9.17) is 23.2 Å². The van der Waals surface area contributed by atoms with E-state index in [0.717, 1.165) is 4.68 Å². The maximum atomic E-state index is 12.2. The van der Waals surface area contributed by atoms with Gasteiger partial charge in [0, 0.05) is 15.7 Å². The molecule has 0 saturated heterocycles. The first-order valence-electron chi connectivity index (χ1n) is 5.99. The number of rotatable bonds is 2. The average molecular weight is 326 g/mol. The summed E-state index contributed by atoms with van der Waals surface area (Å²) in [5.41, 5.74) is 0.457. The molecule has 1 atom stereocenters. The summed E-state index contributed by atoms with van der Waals surface area (Å²) in [7, 11) is 0. The number of hydrogen-bond acceptors (Lipinski definition) is 5. The summed E-state index contributed by atoms with van der Waals surface area (Å²) in [5.74, 6) is -0.433. The second kappa shape index (κ2) is 5.34. The number of halogens is 2. The summed E-state index contributed by atoms with van der Waals surface area (Å²) in [4.78, 5) is 27.9. The molecule has 7 nitrogen and oxygen atoms in total. The third-order valence-electron chi connectivity index (χ3n) is 2.91. The summed E-state index contributed by atoms with van der Waals surface area (Å²) in [6.07, 6.45) is 1.23. The summed E-state index contributed by atoms with van der Waals surface area (Å²) < 4.78 is 1.13. The maximum absolute atomic E-state index is 12.2. The summed E-state index contributed by atoms with van der Waals surface area (Å²) >= 11 is 11.7. The fraction of sp³-hybridized carbons (Fsp3) is 0.167. The van der Waals surface area contributed by atoms with E-state index in [1.54, 1.807) is 18.2 Å². The van der Waals surface area contributed by atoms with E-state index in [0.29, 0.717) is 15.7 Å². The van der Waals surface area contributed by atoms with E-state index < -0.39 is 6.04 Å². The molecule has 2 aromatic rings. The Kier molecular flexibility index (Phi) is 3.52. The molecule has 1 aromatic heterocycles. The van der Waals surface area contributed by atoms with E-state index in [2.05, 4.69) is 20.7 Å². The van der Waals surface area contributed by atoms with Crippen molar-refractivity contribution in [3.8, 4) is 0 Å². The molecule has 0 fully saturated rings. The van der Waals surface area contributed by atoms with Crippen LogP contribution in [0.5, 0.6) is 0 Å². The van der Waals surface area contributed by atoms with Crippen molar-refractivity contribution in [2.24, 2.45) is 0 Å². The van der Waals surface area contributed by atoms with Crippen LogP contribution in [0.3, 0.4) is 0 Å². The number of hydrogen-bond donors (Lipinski definition) is 2. The second-order valence-electron chi connectivity index (χ2n) is 4.44. The highest BCUT2D eigenvalue weighted by Gasteiger charge is 2.30. The predicted molar refractivity (Wildman–Crippen MR) is 77.8 cm³/mol. The number of fused-ring (bicyclic) bond motifs is 1. The molecule has 2 N–H and O–H groups in total. The normalized spacial score (nSPS) is 17.0. The largest absolute Gasteiger partial charge is 0.342 e. The van der Waals surface area contributed by atoms with Crippen LogP contribution in [0.2, 0.25) is 10.0 Å². The standard InChI is InChI=1S/C12H9Cl2N5O2/c13-6-1-7(14)3-8(2-6)17-11(21)9-4-10(20)19-12(18-9)15-5-16-19/h1-3,5,9H,4H2,(H,17,21)(H,15,16,18)/t9-/m0/s1. The number of amides is 1. The van der Waals surface area contributed by atoms with Crippen molar-refractivity contribution in [1.82, 2.24) is 14.8 Å². The highest BCUT2D eigenvalue weighted by Crippen LogP contribution is 2.23. The summed E-state index contributed by atoms with van der Waals surface area (Å²) in [6.45, 7) is 0. The number of anilines is 2. The van der Waals surface area contributed by atoms with E-state index in [9.17, 15) is 9.59 Å². The zero-order valence-corrected chi connectivity index (χ0v) is 12.0. The van der Waals surface area contributed by atoms with Gasteiger partial charge in [-0.2, -0.15) is 14.8 Å². The molecule has 0 unspecified atom stereocenters. The lowest BCUT2D eigenvalue weighted by atomic mass is 10.1. The SMILES string of the molecule is O=C(Nc1cc(Cl)cc(Cl)c1)[C@@H]1CC(=O)n2ncnc2N1. The van der Waals surface area contributed by atoms with Crippen LogP contribution in [0.1, 0.15) is 11.2 Å². The lowest BCUT2D eigenvalue weighted by molar-refractivity contribution is -0.117. The molecule has 1 aliphatic rings. The van der Waals surface area contributed by atoms with E-state index >= 15 is 0 Å². The van der Waals surface area contributed by atoms with Gasteiger partial charge in [0.25, 0.3) is 5.91 Å². The lowest BCUT2D eigenvalue weighted by Crippen LogP contribution is -2.42. The van der Waals surface area contributed by atoms with Crippen molar-refractivity contribution in [1.29, 1.82) is 0 Å². The van der Waals surface area contributed by atoms with Crippen LogP contribution in [0.25, 0.3) is 0 Å². The molecule has 21 heavy (non-hydrogen) atoms. The molecule has 0 saturated carbocycles. The Morgan fingerprint density at radius 1 is 1.33 bits per heavy atom. The van der Waals surface area contributed by atoms with Gasteiger partial charge < -0.3 is 10.6 Å². The Morgan fingerprint density at radius 2 is 2.05 bits per heavy atom. The molecule has 0 spiro atoms. The maximum Gasteiger partial charge on any atom is 0.252 e. The highest BCUT2D eigenvalue weighted by molar-refractivity contribution is 6.35. The number of nitrogens with zero attached hydrogens (tertiary/aromatic N) is 3. The smallest absolute Gasteiger partial charge is 0.252 e. The minimum Gasteiger partial charge on any atom is -0.342 e. The Balaban J connectivity index is 1.76. The minimum atomic E-state index is -0.730. The molecule has 1 aromatic carbocycles. The fourth-order valence-electron chi connectivity index (χ4n) is 2.00. The van der Waals surface area contributed by atoms with Crippen molar-refractivity contribution in [3.63, 3.8) is 0 Å². The number of benzene rings is 1. The van der Waals surface area contributed by atoms with Crippen LogP contribution < -0.4 is 10.6 Å². The van der Waals surface area contributed by atoms with E-state index in [-0.39, 0.29) is 24.2 Å². The molecule has 108 valence electrons. The minimum absolute atomic E-state index is 0.0174. The van der Waals surface area contributed by atoms with Gasteiger partial charge in [0.05, 0.1) is 6.42 Å². The lowest BCUT2D eigenvalue weighted by Gasteiger charge is -2.22. The predicted octanol–water partition coefficient (Wildman–Crippen LogP) is 2.05. The number of nitrogens with one attached hydrogen (secondary N) is 2. The summed E-state index contributed by atoms with van der Waals surface area (Å²) in [6, 6.07) is 3.97. The summed E-state index contributed by atoms with van der Waals surface area (Å²) in [5, 5.41) is 10.1. The van der Waals surface area contributed by atoms with Crippen LogP contribution >= 0.6 is 23.2 Å². The molecule has 0 bridgehead atoms. The van der Waals surface area contributed by atoms with Crippen molar-refractivity contribution < 1.29 is 9.59 Å². The van der Waals surface area contributed by atoms with Gasteiger partial charge in [-0.15, -0.1) is 0 Å². The average Bonchev–Trinajstić information content (AvgIpc) is 2.86. The van der Waals surface area contributed by atoms with Gasteiger partial charge in [-0.1, -0.05) is 23.2 Å². The molecule has 2 heterocycles. The van der Waals surface area contributed by atoms with E-state index in [1.807, 2.05) is 0 Å². The quantitative estimate of drug-likeness (QED) is 0.882. The van der Waals surface area contributed by atoms with Crippen LogP contribution in [-0.4, -0.2) is 32.6 Å². The molecule has 1 amide bonds. The Hall–Kier alpha value is -2.12. The third-order valence-corrected chi connectivity index (χ3v) is 3.35. The van der Waals surface area contributed by atoms with Gasteiger partial charge in [0.2, 0.25) is 11.9 Å². The van der Waals surface area contributed by atoms with E-state index in [1.165, 1.54) is 6.33 Å². The molecule has 9 heteroatoms. The topological polar surface area (TPSA) is 88.9 Å². The van der Waals surface area contributed by atoms with Gasteiger partial charge in [-0.05, 0) is 18.2 Å². The van der Waals surface area contributed by atoms with Crippen molar-refractivity contribution in [3.05, 3.63) is 34.6 Å². The Labute approximate surface area is 129 Å². The van der Waals surface area contributed by atoms with Crippen molar-refractivity contribution >= 4 is 46.7 Å². The van der Waals surface area contributed by atoms with Crippen LogP contribution in [0, 0.1) is 0 Å². The van der Waals surface area contributed by atoms with Crippen molar-refractivity contribution in [2.45, 2.75) is 12.5 Å². The van der Waals surface area contributed by atoms with Crippen LogP contribution in [0.15, 0.2) is 24.5 Å². The molecular formula is C12H9Cl2N5O2. The van der Waals surface area contributed by atoms with Gasteiger partial charge >= 0.3 is 0 Å². The number of carbonyl (C=O) groups is 2. The first-order valence-corrected chi connectivity index (χ1v) is 6.75. The monoisotopic (exact) mass is 325 g/mol. The zero-order chi connectivity index (χ0) is 15.0. The van der Waals surface area contributed by atoms with Gasteiger partial charge in [0.1, 0.15) is 12.4 Å². The molecule has 1 aliphatic heterocycles. The molecule has 0 aliphatic carbocycles. The van der Waals surface area contributed by atoms with Gasteiger partial charge in [-0.3, -0.25) is 9.59 Å². The van der Waals surface area contributed by atoms with Crippen molar-refractivity contribution in [2.75, 3.05) is 10.6 Å². The first-order chi connectivity index (χ1) is 10.0. The molecular weight excluding hydrogens is 317 g/mol. The molecule has 0 radical (unpaired) electrons. The third kappa shape index (κ3) is 2.84. The Bertz CT molecular complexity index is 710. The highest BCUT2D eigenvalue weighted by atomic mass is 35.5. The van der Waals surface area contributed by atoms with Gasteiger partial charge in [0.15, 0.2) is 0 Å². The molecule has 3 rings (SSSR count). The first kappa shape index (κ1) is 13.8. The number of carbonyl (C=O) groups excluding carboxylic acids is 2.